The predicted octanol–water partition coefficient (Wildman–Crippen LogP) is -0.0643. The Morgan fingerprint density at radius 2 is 1.76 bits per heavy atom. The van der Waals surface area contributed by atoms with Crippen LogP contribution in [0.1, 0.15) is 0 Å². The minimum atomic E-state index is -3.27. The number of rotatable bonds is 3. The molecule has 0 fully saturated rings. The fourth-order valence-corrected chi connectivity index (χ4v) is 1.45. The highest BCUT2D eigenvalue weighted by atomic mass is 32.2. The molecule has 0 amide bonds. The van der Waals surface area contributed by atoms with E-state index in [1.807, 2.05) is 0 Å². The van der Waals surface area contributed by atoms with Gasteiger partial charge in [0.15, 0.2) is 9.84 Å². The van der Waals surface area contributed by atoms with Crippen LogP contribution >= 0.6 is 0 Å². The first-order chi connectivity index (χ1) is 7.82. The van der Waals surface area contributed by atoms with Crippen molar-refractivity contribution >= 4 is 15.5 Å². The zero-order valence-electron chi connectivity index (χ0n) is 9.24. The van der Waals surface area contributed by atoms with E-state index in [9.17, 15) is 18.5 Å². The van der Waals surface area contributed by atoms with Gasteiger partial charge in [-0.1, -0.05) is 0 Å². The summed E-state index contributed by atoms with van der Waals surface area (Å²) in [6, 6.07) is 4.76. The van der Waals surface area contributed by atoms with Crippen molar-refractivity contribution in [1.82, 2.24) is 0 Å². The molecular formula is C9H14N2O5S. The SMILES string of the molecule is CS(=O)(=O)c1ccc([N+](=O)[O-])cc1.NCCO. The molecule has 0 aliphatic rings. The summed E-state index contributed by atoms with van der Waals surface area (Å²) < 4.78 is 21.9. The Morgan fingerprint density at radius 1 is 1.35 bits per heavy atom. The average molecular weight is 262 g/mol. The molecule has 8 heteroatoms. The normalized spacial score (nSPS) is 10.3. The summed E-state index contributed by atoms with van der Waals surface area (Å²) >= 11 is 0. The molecule has 3 N–H and O–H groups in total. The molecule has 0 saturated heterocycles. The molecule has 17 heavy (non-hydrogen) atoms. The fourth-order valence-electron chi connectivity index (χ4n) is 0.815. The quantitative estimate of drug-likeness (QED) is 0.580. The van der Waals surface area contributed by atoms with Crippen LogP contribution in [0.25, 0.3) is 0 Å². The van der Waals surface area contributed by atoms with Crippen molar-refractivity contribution in [2.75, 3.05) is 19.4 Å². The number of aliphatic hydroxyl groups excluding tert-OH is 1. The molecule has 1 aromatic carbocycles. The number of aliphatic hydroxyl groups is 1. The highest BCUT2D eigenvalue weighted by Gasteiger charge is 2.09. The van der Waals surface area contributed by atoms with E-state index in [0.29, 0.717) is 6.54 Å². The van der Waals surface area contributed by atoms with E-state index in [4.69, 9.17) is 10.8 Å². The number of hydrogen-bond donors (Lipinski definition) is 2. The monoisotopic (exact) mass is 262 g/mol. The van der Waals surface area contributed by atoms with Crippen molar-refractivity contribution in [3.63, 3.8) is 0 Å². The second-order valence-electron chi connectivity index (χ2n) is 3.04. The van der Waals surface area contributed by atoms with Crippen molar-refractivity contribution in [2.45, 2.75) is 4.90 Å². The Kier molecular flexibility index (Phi) is 6.33. The molecule has 0 spiro atoms. The predicted molar refractivity (Wildman–Crippen MR) is 62.3 cm³/mol. The molecular weight excluding hydrogens is 248 g/mol. The highest BCUT2D eigenvalue weighted by molar-refractivity contribution is 7.90. The standard InChI is InChI=1S/C7H7NO4S.C2H7NO/c1-13(11,12)7-4-2-6(3-5-7)8(9)10;3-1-2-4/h2-5H,1H3;4H,1-3H2. The molecule has 1 rings (SSSR count). The van der Waals surface area contributed by atoms with Crippen LogP contribution in [-0.2, 0) is 9.84 Å². The van der Waals surface area contributed by atoms with Gasteiger partial charge in [-0.15, -0.1) is 0 Å². The first kappa shape index (κ1) is 15.5. The summed E-state index contributed by atoms with van der Waals surface area (Å²) in [5.41, 5.74) is 4.66. The Labute approximate surface area is 98.9 Å². The number of non-ortho nitro benzene ring substituents is 1. The summed E-state index contributed by atoms with van der Waals surface area (Å²) in [6.07, 6.45) is 1.05. The van der Waals surface area contributed by atoms with Gasteiger partial charge in [-0.25, -0.2) is 8.42 Å². The van der Waals surface area contributed by atoms with Gasteiger partial charge in [-0.3, -0.25) is 10.1 Å². The lowest BCUT2D eigenvalue weighted by atomic mass is 10.3. The first-order valence-corrected chi connectivity index (χ1v) is 6.47. The summed E-state index contributed by atoms with van der Waals surface area (Å²) in [5.74, 6) is 0. The molecule has 7 nitrogen and oxygen atoms in total. The lowest BCUT2D eigenvalue weighted by Crippen LogP contribution is -2.02. The minimum absolute atomic E-state index is 0.0816. The van der Waals surface area contributed by atoms with E-state index in [1.165, 1.54) is 12.1 Å². The first-order valence-electron chi connectivity index (χ1n) is 4.58. The molecule has 0 bridgehead atoms. The number of hydrogen-bond acceptors (Lipinski definition) is 6. The molecule has 1 aromatic rings. The van der Waals surface area contributed by atoms with E-state index in [2.05, 4.69) is 0 Å². The second kappa shape index (κ2) is 6.94. The van der Waals surface area contributed by atoms with Gasteiger partial charge in [0.1, 0.15) is 0 Å². The van der Waals surface area contributed by atoms with Crippen LogP contribution in [0.5, 0.6) is 0 Å². The Morgan fingerprint density at radius 3 is 2.00 bits per heavy atom. The van der Waals surface area contributed by atoms with Gasteiger partial charge in [0.05, 0.1) is 16.4 Å². The van der Waals surface area contributed by atoms with Crippen molar-refractivity contribution in [1.29, 1.82) is 0 Å². The number of nitrogens with two attached hydrogens (primary N) is 1. The maximum atomic E-state index is 10.9. The zero-order chi connectivity index (χ0) is 13.5. The van der Waals surface area contributed by atoms with Crippen molar-refractivity contribution in [3.8, 4) is 0 Å². The molecule has 96 valence electrons. The molecule has 0 aliphatic carbocycles. The van der Waals surface area contributed by atoms with Crippen molar-refractivity contribution < 1.29 is 18.4 Å². The molecule has 0 atom stereocenters. The number of nitro benzene ring substituents is 1. The van der Waals surface area contributed by atoms with E-state index in [1.54, 1.807) is 0 Å². The second-order valence-corrected chi connectivity index (χ2v) is 5.05. The minimum Gasteiger partial charge on any atom is -0.395 e. The summed E-state index contributed by atoms with van der Waals surface area (Å²) in [6.45, 7) is 0.472. The van der Waals surface area contributed by atoms with Gasteiger partial charge in [0.2, 0.25) is 0 Å². The van der Waals surface area contributed by atoms with Crippen LogP contribution in [0.4, 0.5) is 5.69 Å². The maximum absolute atomic E-state index is 10.9. The van der Waals surface area contributed by atoms with Gasteiger partial charge in [-0.05, 0) is 12.1 Å². The van der Waals surface area contributed by atoms with Gasteiger partial charge in [-0.2, -0.15) is 0 Å². The summed E-state index contributed by atoms with van der Waals surface area (Å²) in [7, 11) is -3.27. The number of sulfone groups is 1. The lowest BCUT2D eigenvalue weighted by Gasteiger charge is -1.96. The highest BCUT2D eigenvalue weighted by Crippen LogP contribution is 2.15. The van der Waals surface area contributed by atoms with Crippen LogP contribution < -0.4 is 5.73 Å². The zero-order valence-corrected chi connectivity index (χ0v) is 10.1. The molecule has 0 saturated carbocycles. The smallest absolute Gasteiger partial charge is 0.269 e. The van der Waals surface area contributed by atoms with E-state index in [-0.39, 0.29) is 17.2 Å². The van der Waals surface area contributed by atoms with E-state index < -0.39 is 14.8 Å². The number of nitro groups is 1. The Hall–Kier alpha value is -1.51. The fraction of sp³-hybridized carbons (Fsp3) is 0.333. The van der Waals surface area contributed by atoms with Crippen molar-refractivity contribution in [2.24, 2.45) is 5.73 Å². The topological polar surface area (TPSA) is 124 Å². The number of nitrogens with zero attached hydrogens (tertiary/aromatic N) is 1. The molecule has 0 radical (unpaired) electrons. The molecule has 0 aliphatic heterocycles. The third-order valence-corrected chi connectivity index (χ3v) is 2.73. The van der Waals surface area contributed by atoms with Crippen LogP contribution in [0.2, 0.25) is 0 Å². The van der Waals surface area contributed by atoms with Gasteiger partial charge >= 0.3 is 0 Å². The third kappa shape index (κ3) is 5.95. The summed E-state index contributed by atoms with van der Waals surface area (Å²) in [5, 5.41) is 18.0. The molecule has 0 unspecified atom stereocenters. The third-order valence-electron chi connectivity index (χ3n) is 1.60. The van der Waals surface area contributed by atoms with Gasteiger partial charge in [0.25, 0.3) is 5.69 Å². The summed E-state index contributed by atoms with van der Waals surface area (Å²) in [4.78, 5) is 9.72. The van der Waals surface area contributed by atoms with Crippen LogP contribution in [0.15, 0.2) is 29.2 Å². The Balaban J connectivity index is 0.000000557. The molecule has 0 heterocycles. The molecule has 0 aromatic heterocycles. The van der Waals surface area contributed by atoms with Crippen LogP contribution in [0, 0.1) is 10.1 Å². The number of benzene rings is 1. The largest absolute Gasteiger partial charge is 0.395 e. The van der Waals surface area contributed by atoms with Gasteiger partial charge in [0, 0.05) is 24.9 Å². The lowest BCUT2D eigenvalue weighted by molar-refractivity contribution is -0.384. The van der Waals surface area contributed by atoms with E-state index >= 15 is 0 Å². The van der Waals surface area contributed by atoms with E-state index in [0.717, 1.165) is 18.4 Å². The average Bonchev–Trinajstić information content (AvgIpc) is 2.28. The maximum Gasteiger partial charge on any atom is 0.269 e. The van der Waals surface area contributed by atoms with Crippen molar-refractivity contribution in [3.05, 3.63) is 34.4 Å². The van der Waals surface area contributed by atoms with Gasteiger partial charge < -0.3 is 10.8 Å². The Bertz CT molecular complexity index is 453. The van der Waals surface area contributed by atoms with Crippen LogP contribution in [-0.4, -0.2) is 37.9 Å². The van der Waals surface area contributed by atoms with Crippen LogP contribution in [0.3, 0.4) is 0 Å².